The molecule has 0 spiro atoms. The lowest BCUT2D eigenvalue weighted by molar-refractivity contribution is -0.137. The molecule has 1 aromatic rings. The standard InChI is InChI=1S/C9H12N2O5S/c1-11(6-9(13)14)17(15,16)10-7-2-4-8(12)5-3-7/h2-5,10,12H,6H2,1H3,(H,13,14). The van der Waals surface area contributed by atoms with Crippen molar-refractivity contribution in [3.8, 4) is 5.75 Å². The highest BCUT2D eigenvalue weighted by Crippen LogP contribution is 2.15. The number of phenolic OH excluding ortho intramolecular Hbond substituents is 1. The molecule has 0 aliphatic heterocycles. The number of hydrogen-bond donors (Lipinski definition) is 3. The lowest BCUT2D eigenvalue weighted by Gasteiger charge is -2.16. The van der Waals surface area contributed by atoms with Crippen LogP contribution in [0.15, 0.2) is 24.3 Å². The average Bonchev–Trinajstić information content (AvgIpc) is 2.20. The molecule has 0 saturated carbocycles. The molecule has 1 aromatic carbocycles. The Kier molecular flexibility index (Phi) is 3.92. The van der Waals surface area contributed by atoms with E-state index in [1.807, 2.05) is 0 Å². The summed E-state index contributed by atoms with van der Waals surface area (Å²) >= 11 is 0. The van der Waals surface area contributed by atoms with Crippen LogP contribution in [0.3, 0.4) is 0 Å². The van der Waals surface area contributed by atoms with Gasteiger partial charge in [0.25, 0.3) is 0 Å². The zero-order valence-electron chi connectivity index (χ0n) is 8.99. The van der Waals surface area contributed by atoms with E-state index in [-0.39, 0.29) is 11.4 Å². The van der Waals surface area contributed by atoms with Gasteiger partial charge >= 0.3 is 16.2 Å². The molecule has 1 rings (SSSR count). The second kappa shape index (κ2) is 5.02. The number of anilines is 1. The molecule has 0 unspecified atom stereocenters. The summed E-state index contributed by atoms with van der Waals surface area (Å²) in [7, 11) is -2.75. The van der Waals surface area contributed by atoms with Gasteiger partial charge in [-0.05, 0) is 24.3 Å². The van der Waals surface area contributed by atoms with E-state index in [4.69, 9.17) is 10.2 Å². The van der Waals surface area contributed by atoms with Crippen molar-refractivity contribution < 1.29 is 23.4 Å². The summed E-state index contributed by atoms with van der Waals surface area (Å²) in [5.74, 6) is -1.24. The third-order valence-corrected chi connectivity index (χ3v) is 3.33. The van der Waals surface area contributed by atoms with Crippen molar-refractivity contribution in [2.45, 2.75) is 0 Å². The minimum absolute atomic E-state index is 0.00633. The van der Waals surface area contributed by atoms with E-state index in [0.717, 1.165) is 7.05 Å². The molecular weight excluding hydrogens is 248 g/mol. The van der Waals surface area contributed by atoms with Crippen molar-refractivity contribution in [3.05, 3.63) is 24.3 Å². The van der Waals surface area contributed by atoms with Crippen LogP contribution in [0, 0.1) is 0 Å². The monoisotopic (exact) mass is 260 g/mol. The van der Waals surface area contributed by atoms with Crippen LogP contribution in [0.4, 0.5) is 5.69 Å². The molecule has 0 aromatic heterocycles. The Morgan fingerprint density at radius 1 is 1.35 bits per heavy atom. The quantitative estimate of drug-likeness (QED) is 0.649. The molecule has 0 amide bonds. The number of carboxylic acid groups (broad SMARTS) is 1. The van der Waals surface area contributed by atoms with Crippen molar-refractivity contribution in [2.24, 2.45) is 0 Å². The molecular formula is C9H12N2O5S. The fraction of sp³-hybridized carbons (Fsp3) is 0.222. The van der Waals surface area contributed by atoms with Crippen molar-refractivity contribution in [2.75, 3.05) is 18.3 Å². The lowest BCUT2D eigenvalue weighted by atomic mass is 10.3. The van der Waals surface area contributed by atoms with Gasteiger partial charge in [-0.25, -0.2) is 0 Å². The molecule has 7 nitrogen and oxygen atoms in total. The highest BCUT2D eigenvalue weighted by atomic mass is 32.2. The van der Waals surface area contributed by atoms with Gasteiger partial charge in [0.05, 0.1) is 5.69 Å². The fourth-order valence-electron chi connectivity index (χ4n) is 1.03. The van der Waals surface area contributed by atoms with Crippen LogP contribution >= 0.6 is 0 Å². The largest absolute Gasteiger partial charge is 0.508 e. The van der Waals surface area contributed by atoms with E-state index in [2.05, 4.69) is 4.72 Å². The predicted octanol–water partition coefficient (Wildman–Crippen LogP) is 0.0653. The van der Waals surface area contributed by atoms with Gasteiger partial charge in [-0.2, -0.15) is 12.7 Å². The summed E-state index contributed by atoms with van der Waals surface area (Å²) in [5, 5.41) is 17.5. The summed E-state index contributed by atoms with van der Waals surface area (Å²) in [6.45, 7) is -0.632. The summed E-state index contributed by atoms with van der Waals surface area (Å²) in [6.07, 6.45) is 0. The van der Waals surface area contributed by atoms with Crippen molar-refractivity contribution in [3.63, 3.8) is 0 Å². The van der Waals surface area contributed by atoms with Crippen LogP contribution in [-0.2, 0) is 15.0 Å². The predicted molar refractivity (Wildman–Crippen MR) is 60.9 cm³/mol. The van der Waals surface area contributed by atoms with E-state index >= 15 is 0 Å². The number of aliphatic carboxylic acids is 1. The molecule has 3 N–H and O–H groups in total. The third-order valence-electron chi connectivity index (χ3n) is 1.88. The van der Waals surface area contributed by atoms with Crippen LogP contribution < -0.4 is 4.72 Å². The molecule has 0 saturated heterocycles. The average molecular weight is 260 g/mol. The minimum Gasteiger partial charge on any atom is -0.508 e. The number of nitrogens with zero attached hydrogens (tertiary/aromatic N) is 1. The van der Waals surface area contributed by atoms with E-state index in [0.29, 0.717) is 4.31 Å². The zero-order valence-corrected chi connectivity index (χ0v) is 9.81. The summed E-state index contributed by atoms with van der Waals surface area (Å²) in [5.41, 5.74) is 0.236. The van der Waals surface area contributed by atoms with E-state index in [9.17, 15) is 13.2 Å². The summed E-state index contributed by atoms with van der Waals surface area (Å²) < 4.78 is 26.1. The Hall–Kier alpha value is -1.80. The van der Waals surface area contributed by atoms with Gasteiger partial charge in [0, 0.05) is 7.05 Å². The zero-order chi connectivity index (χ0) is 13.1. The topological polar surface area (TPSA) is 107 Å². The Labute approximate surface area is 98.5 Å². The Balaban J connectivity index is 2.79. The number of benzene rings is 1. The Morgan fingerprint density at radius 2 is 1.88 bits per heavy atom. The molecule has 0 heterocycles. The molecule has 0 aliphatic carbocycles. The van der Waals surface area contributed by atoms with E-state index in [1.54, 1.807) is 0 Å². The molecule has 0 atom stereocenters. The lowest BCUT2D eigenvalue weighted by Crippen LogP contribution is -2.36. The number of aromatic hydroxyl groups is 1. The first-order valence-electron chi connectivity index (χ1n) is 4.56. The second-order valence-corrected chi connectivity index (χ2v) is 5.08. The summed E-state index contributed by atoms with van der Waals surface area (Å²) in [4.78, 5) is 10.4. The van der Waals surface area contributed by atoms with Crippen LogP contribution in [0.25, 0.3) is 0 Å². The van der Waals surface area contributed by atoms with Gasteiger partial charge < -0.3 is 10.2 Å². The first kappa shape index (κ1) is 13.3. The van der Waals surface area contributed by atoms with Crippen molar-refractivity contribution >= 4 is 21.9 Å². The molecule has 0 aliphatic rings. The highest BCUT2D eigenvalue weighted by molar-refractivity contribution is 7.90. The normalized spacial score (nSPS) is 11.4. The fourth-order valence-corrected chi connectivity index (χ4v) is 1.90. The smallest absolute Gasteiger partial charge is 0.318 e. The van der Waals surface area contributed by atoms with Gasteiger partial charge in [-0.1, -0.05) is 0 Å². The van der Waals surface area contributed by atoms with Crippen LogP contribution in [0.1, 0.15) is 0 Å². The van der Waals surface area contributed by atoms with Crippen LogP contribution in [0.5, 0.6) is 5.75 Å². The molecule has 0 radical (unpaired) electrons. The van der Waals surface area contributed by atoms with Crippen LogP contribution in [-0.4, -0.2) is 42.5 Å². The molecule has 0 bridgehead atoms. The number of rotatable bonds is 5. The van der Waals surface area contributed by atoms with Gasteiger partial charge in [-0.3, -0.25) is 9.52 Å². The molecule has 94 valence electrons. The maximum atomic E-state index is 11.6. The molecule has 0 fully saturated rings. The SMILES string of the molecule is CN(CC(=O)O)S(=O)(=O)Nc1ccc(O)cc1. The van der Waals surface area contributed by atoms with Crippen LogP contribution in [0.2, 0.25) is 0 Å². The highest BCUT2D eigenvalue weighted by Gasteiger charge is 2.19. The number of carbonyl (C=O) groups is 1. The second-order valence-electron chi connectivity index (χ2n) is 3.30. The van der Waals surface area contributed by atoms with Gasteiger partial charge in [0.2, 0.25) is 0 Å². The number of likely N-dealkylation sites (N-methyl/N-ethyl adjacent to an activating group) is 1. The van der Waals surface area contributed by atoms with Crippen molar-refractivity contribution in [1.82, 2.24) is 4.31 Å². The molecule has 17 heavy (non-hydrogen) atoms. The van der Waals surface area contributed by atoms with Gasteiger partial charge in [0.1, 0.15) is 12.3 Å². The number of carboxylic acids is 1. The van der Waals surface area contributed by atoms with E-state index < -0.39 is 22.7 Å². The number of hydrogen-bond acceptors (Lipinski definition) is 4. The Morgan fingerprint density at radius 3 is 2.35 bits per heavy atom. The summed E-state index contributed by atoms with van der Waals surface area (Å²) in [6, 6.07) is 5.35. The maximum Gasteiger partial charge on any atom is 0.318 e. The first-order valence-corrected chi connectivity index (χ1v) is 6.00. The Bertz CT molecular complexity index is 497. The maximum absolute atomic E-state index is 11.6. The van der Waals surface area contributed by atoms with Gasteiger partial charge in [-0.15, -0.1) is 0 Å². The number of nitrogens with one attached hydrogen (secondary N) is 1. The van der Waals surface area contributed by atoms with E-state index in [1.165, 1.54) is 24.3 Å². The first-order chi connectivity index (χ1) is 7.81. The number of phenols is 1. The van der Waals surface area contributed by atoms with Crippen molar-refractivity contribution in [1.29, 1.82) is 0 Å². The van der Waals surface area contributed by atoms with Gasteiger partial charge in [0.15, 0.2) is 0 Å². The molecule has 8 heteroatoms. The third kappa shape index (κ3) is 3.93. The minimum atomic E-state index is -3.90.